The highest BCUT2D eigenvalue weighted by atomic mass is 16.3. The Morgan fingerprint density at radius 3 is 1.71 bits per heavy atom. The molecular weight excluding hydrogens is 617 g/mol. The van der Waals surface area contributed by atoms with Crippen molar-refractivity contribution in [2.75, 3.05) is 0 Å². The maximum atomic E-state index is 6.88. The molecule has 1 heterocycles. The van der Waals surface area contributed by atoms with Crippen LogP contribution in [0.3, 0.4) is 0 Å². The molecule has 0 aliphatic carbocycles. The van der Waals surface area contributed by atoms with E-state index >= 15 is 0 Å². The van der Waals surface area contributed by atoms with Crippen molar-refractivity contribution in [3.63, 3.8) is 0 Å². The lowest BCUT2D eigenvalue weighted by atomic mass is 9.86. The fraction of sp³-hybridized carbons (Fsp3) is 0. The number of benzene rings is 11. The van der Waals surface area contributed by atoms with Gasteiger partial charge < -0.3 is 4.42 Å². The summed E-state index contributed by atoms with van der Waals surface area (Å²) in [7, 11) is 0. The molecule has 0 aliphatic rings. The Kier molecular flexibility index (Phi) is 5.29. The van der Waals surface area contributed by atoms with Gasteiger partial charge in [0.25, 0.3) is 0 Å². The third kappa shape index (κ3) is 3.75. The first kappa shape index (κ1) is 27.2. The largest absolute Gasteiger partial charge is 0.456 e. The molecule has 11 aromatic carbocycles. The Morgan fingerprint density at radius 2 is 0.863 bits per heavy atom. The zero-order chi connectivity index (χ0) is 33.2. The lowest BCUT2D eigenvalue weighted by Crippen LogP contribution is -1.90. The van der Waals surface area contributed by atoms with Crippen LogP contribution in [-0.4, -0.2) is 0 Å². The van der Waals surface area contributed by atoms with Gasteiger partial charge in [-0.3, -0.25) is 0 Å². The van der Waals surface area contributed by atoms with E-state index in [1.807, 2.05) is 0 Å². The van der Waals surface area contributed by atoms with Crippen LogP contribution in [0.4, 0.5) is 0 Å². The van der Waals surface area contributed by atoms with Crippen molar-refractivity contribution in [2.45, 2.75) is 0 Å². The van der Waals surface area contributed by atoms with Crippen molar-refractivity contribution in [1.82, 2.24) is 0 Å². The van der Waals surface area contributed by atoms with E-state index < -0.39 is 0 Å². The summed E-state index contributed by atoms with van der Waals surface area (Å²) >= 11 is 0. The van der Waals surface area contributed by atoms with E-state index in [1.54, 1.807) is 0 Å². The fourth-order valence-corrected chi connectivity index (χ4v) is 9.03. The summed E-state index contributed by atoms with van der Waals surface area (Å²) in [6, 6.07) is 62.7. The summed E-state index contributed by atoms with van der Waals surface area (Å²) in [6.45, 7) is 0. The van der Waals surface area contributed by atoms with Gasteiger partial charge in [0.15, 0.2) is 0 Å². The van der Waals surface area contributed by atoms with Gasteiger partial charge in [-0.25, -0.2) is 0 Å². The summed E-state index contributed by atoms with van der Waals surface area (Å²) in [5.41, 5.74) is 6.59. The highest BCUT2D eigenvalue weighted by molar-refractivity contribution is 6.28. The Labute approximate surface area is 292 Å². The van der Waals surface area contributed by atoms with Gasteiger partial charge in [0.1, 0.15) is 11.2 Å². The topological polar surface area (TPSA) is 13.1 Å². The van der Waals surface area contributed by atoms with Gasteiger partial charge in [0.2, 0.25) is 0 Å². The summed E-state index contributed by atoms with van der Waals surface area (Å²) < 4.78 is 6.88. The second-order valence-corrected chi connectivity index (χ2v) is 14.0. The van der Waals surface area contributed by atoms with Crippen LogP contribution in [0.1, 0.15) is 0 Å². The van der Waals surface area contributed by atoms with Crippen molar-refractivity contribution in [1.29, 1.82) is 0 Å². The zero-order valence-electron chi connectivity index (χ0n) is 27.6. The maximum absolute atomic E-state index is 6.88. The molecule has 0 saturated heterocycles. The average molecular weight is 645 g/mol. The molecule has 1 heteroatoms. The van der Waals surface area contributed by atoms with Crippen LogP contribution in [0.2, 0.25) is 0 Å². The number of hydrogen-bond donors (Lipinski definition) is 0. The molecule has 0 unspecified atom stereocenters. The standard InChI is InChI=1S/C50H28O/c1-2-10-34-26-46-45(24-33(34)9-1)50-44(40-22-19-32-17-16-30-11-7-12-31-20-23-41(40)49(32)48(30)31)25-35(27-47(50)51-46)42-28-43-36-13-4-3-8-29(36)18-21-39(43)37-14-5-6-15-38(37)42/h1-28H. The smallest absolute Gasteiger partial charge is 0.136 e. The van der Waals surface area contributed by atoms with Crippen molar-refractivity contribution in [2.24, 2.45) is 0 Å². The van der Waals surface area contributed by atoms with Gasteiger partial charge in [0.05, 0.1) is 0 Å². The Hall–Kier alpha value is -6.70. The summed E-state index contributed by atoms with van der Waals surface area (Å²) in [5, 5.41) is 20.0. The van der Waals surface area contributed by atoms with Crippen LogP contribution in [0, 0.1) is 0 Å². The average Bonchev–Trinajstić information content (AvgIpc) is 3.55. The van der Waals surface area contributed by atoms with Crippen LogP contribution < -0.4 is 0 Å². The molecule has 0 N–H and O–H groups in total. The van der Waals surface area contributed by atoms with Gasteiger partial charge in [0, 0.05) is 10.8 Å². The summed E-state index contributed by atoms with van der Waals surface area (Å²) in [5.74, 6) is 0. The minimum absolute atomic E-state index is 0.903. The molecular formula is C50H28O. The Bertz CT molecular complexity index is 3400. The SMILES string of the molecule is c1ccc2cc3c(cc2c1)oc1cc(-c2cc4c5ccccc5ccc4c4ccccc24)cc(-c2ccc4ccc5cccc6ccc2c4c56)c13. The molecule has 0 saturated carbocycles. The molecule has 0 atom stereocenters. The Morgan fingerprint density at radius 1 is 0.255 bits per heavy atom. The molecule has 0 radical (unpaired) electrons. The van der Waals surface area contributed by atoms with Crippen molar-refractivity contribution < 1.29 is 4.42 Å². The molecule has 12 aromatic rings. The van der Waals surface area contributed by atoms with Crippen LogP contribution >= 0.6 is 0 Å². The van der Waals surface area contributed by atoms with E-state index in [0.29, 0.717) is 0 Å². The first-order chi connectivity index (χ1) is 25.3. The van der Waals surface area contributed by atoms with Crippen LogP contribution in [0.5, 0.6) is 0 Å². The van der Waals surface area contributed by atoms with Gasteiger partial charge >= 0.3 is 0 Å². The normalized spacial score (nSPS) is 12.3. The number of furan rings is 1. The third-order valence-electron chi connectivity index (χ3n) is 11.3. The van der Waals surface area contributed by atoms with E-state index in [-0.39, 0.29) is 0 Å². The predicted molar refractivity (Wildman–Crippen MR) is 218 cm³/mol. The number of rotatable bonds is 2. The van der Waals surface area contributed by atoms with Gasteiger partial charge in [-0.2, -0.15) is 0 Å². The van der Waals surface area contributed by atoms with Crippen molar-refractivity contribution in [3.05, 3.63) is 170 Å². The quantitative estimate of drug-likeness (QED) is 0.171. The van der Waals surface area contributed by atoms with E-state index in [9.17, 15) is 0 Å². The molecule has 51 heavy (non-hydrogen) atoms. The van der Waals surface area contributed by atoms with E-state index in [4.69, 9.17) is 4.42 Å². The molecule has 0 spiro atoms. The van der Waals surface area contributed by atoms with Gasteiger partial charge in [-0.1, -0.05) is 140 Å². The fourth-order valence-electron chi connectivity index (χ4n) is 9.03. The lowest BCUT2D eigenvalue weighted by molar-refractivity contribution is 0.669. The monoisotopic (exact) mass is 644 g/mol. The predicted octanol–water partition coefficient (Wildman–Crippen LogP) is 14.4. The highest BCUT2D eigenvalue weighted by Crippen LogP contribution is 2.47. The van der Waals surface area contributed by atoms with Crippen LogP contribution in [0.25, 0.3) is 120 Å². The molecule has 0 amide bonds. The van der Waals surface area contributed by atoms with E-state index in [0.717, 1.165) is 27.5 Å². The molecule has 234 valence electrons. The molecule has 0 fully saturated rings. The van der Waals surface area contributed by atoms with E-state index in [1.165, 1.54) is 92.1 Å². The minimum atomic E-state index is 0.903. The van der Waals surface area contributed by atoms with E-state index in [2.05, 4.69) is 170 Å². The third-order valence-corrected chi connectivity index (χ3v) is 11.3. The molecule has 12 rings (SSSR count). The molecule has 0 bridgehead atoms. The lowest BCUT2D eigenvalue weighted by Gasteiger charge is -2.17. The van der Waals surface area contributed by atoms with Crippen LogP contribution in [0.15, 0.2) is 174 Å². The Balaban J connectivity index is 1.25. The summed E-state index contributed by atoms with van der Waals surface area (Å²) in [6.07, 6.45) is 0. The van der Waals surface area contributed by atoms with Crippen LogP contribution in [-0.2, 0) is 0 Å². The number of hydrogen-bond acceptors (Lipinski definition) is 1. The first-order valence-corrected chi connectivity index (χ1v) is 17.7. The minimum Gasteiger partial charge on any atom is -0.456 e. The second-order valence-electron chi connectivity index (χ2n) is 14.0. The number of fused-ring (bicyclic) bond motifs is 9. The first-order valence-electron chi connectivity index (χ1n) is 17.7. The van der Waals surface area contributed by atoms with Crippen molar-refractivity contribution >= 4 is 97.3 Å². The molecule has 1 aromatic heterocycles. The zero-order valence-corrected chi connectivity index (χ0v) is 27.6. The maximum Gasteiger partial charge on any atom is 0.136 e. The molecule has 0 aliphatic heterocycles. The molecule has 1 nitrogen and oxygen atoms in total. The van der Waals surface area contributed by atoms with Gasteiger partial charge in [-0.15, -0.1) is 0 Å². The second kappa shape index (κ2) is 9.94. The van der Waals surface area contributed by atoms with Crippen molar-refractivity contribution in [3.8, 4) is 22.3 Å². The summed E-state index contributed by atoms with van der Waals surface area (Å²) in [4.78, 5) is 0. The highest BCUT2D eigenvalue weighted by Gasteiger charge is 2.21. The van der Waals surface area contributed by atoms with Gasteiger partial charge in [-0.05, 0) is 128 Å².